The SMILES string of the molecule is CCCCCCCCCC/C=C\CCCCCCCCCCCC(=O)NC(CO)C(O)/C=C/CCCCCCCCCCCCCCCC. The molecule has 0 aliphatic heterocycles. The minimum Gasteiger partial charge on any atom is -0.394 e. The van der Waals surface area contributed by atoms with E-state index in [2.05, 4.69) is 31.3 Å². The summed E-state index contributed by atoms with van der Waals surface area (Å²) in [6.45, 7) is 4.32. The first kappa shape index (κ1) is 47.9. The smallest absolute Gasteiger partial charge is 0.220 e. The number of aliphatic hydroxyl groups is 2. The highest BCUT2D eigenvalue weighted by atomic mass is 16.3. The zero-order valence-corrected chi connectivity index (χ0v) is 33.2. The van der Waals surface area contributed by atoms with Crippen molar-refractivity contribution in [1.29, 1.82) is 0 Å². The molecule has 0 aromatic carbocycles. The van der Waals surface area contributed by atoms with Gasteiger partial charge in [0.25, 0.3) is 0 Å². The van der Waals surface area contributed by atoms with Gasteiger partial charge in [0.15, 0.2) is 0 Å². The Labute approximate surface area is 307 Å². The van der Waals surface area contributed by atoms with Crippen LogP contribution in [0.25, 0.3) is 0 Å². The molecule has 3 N–H and O–H groups in total. The zero-order chi connectivity index (χ0) is 35.7. The van der Waals surface area contributed by atoms with Gasteiger partial charge in [-0.1, -0.05) is 212 Å². The molecule has 0 rings (SSSR count). The molecule has 0 saturated carbocycles. The molecule has 0 aromatic rings. The van der Waals surface area contributed by atoms with E-state index >= 15 is 0 Å². The van der Waals surface area contributed by atoms with Crippen LogP contribution in [-0.2, 0) is 4.79 Å². The molecule has 290 valence electrons. The number of unbranched alkanes of at least 4 members (excludes halogenated alkanes) is 31. The molecule has 4 nitrogen and oxygen atoms in total. The average Bonchev–Trinajstić information content (AvgIpc) is 3.10. The third kappa shape index (κ3) is 37.9. The maximum absolute atomic E-state index is 12.4. The van der Waals surface area contributed by atoms with E-state index in [4.69, 9.17) is 0 Å². The van der Waals surface area contributed by atoms with Crippen LogP contribution in [0.2, 0.25) is 0 Å². The Morgan fingerprint density at radius 3 is 1.12 bits per heavy atom. The van der Waals surface area contributed by atoms with Gasteiger partial charge in [-0.2, -0.15) is 0 Å². The molecule has 0 fully saturated rings. The molecule has 0 radical (unpaired) electrons. The Hall–Kier alpha value is -1.13. The Balaban J connectivity index is 3.55. The molecule has 2 unspecified atom stereocenters. The highest BCUT2D eigenvalue weighted by Gasteiger charge is 2.17. The molecule has 0 bridgehead atoms. The van der Waals surface area contributed by atoms with E-state index in [9.17, 15) is 15.0 Å². The number of hydrogen-bond acceptors (Lipinski definition) is 3. The topological polar surface area (TPSA) is 69.6 Å². The van der Waals surface area contributed by atoms with Gasteiger partial charge in [-0.3, -0.25) is 4.79 Å². The predicted molar refractivity (Wildman–Crippen MR) is 216 cm³/mol. The average molecular weight is 690 g/mol. The molecule has 2 atom stereocenters. The van der Waals surface area contributed by atoms with E-state index in [0.29, 0.717) is 6.42 Å². The number of hydrogen-bond donors (Lipinski definition) is 3. The minimum absolute atomic E-state index is 0.0645. The predicted octanol–water partition coefficient (Wildman–Crippen LogP) is 13.6. The molecular weight excluding hydrogens is 602 g/mol. The summed E-state index contributed by atoms with van der Waals surface area (Å²) in [5, 5.41) is 23.0. The van der Waals surface area contributed by atoms with E-state index in [1.165, 1.54) is 193 Å². The third-order valence-electron chi connectivity index (χ3n) is 10.2. The van der Waals surface area contributed by atoms with Gasteiger partial charge in [0.1, 0.15) is 0 Å². The van der Waals surface area contributed by atoms with Gasteiger partial charge >= 0.3 is 0 Å². The fourth-order valence-electron chi connectivity index (χ4n) is 6.76. The zero-order valence-electron chi connectivity index (χ0n) is 33.2. The Morgan fingerprint density at radius 2 is 0.776 bits per heavy atom. The van der Waals surface area contributed by atoms with Crippen molar-refractivity contribution < 1.29 is 15.0 Å². The number of carbonyl (C=O) groups excluding carboxylic acids is 1. The highest BCUT2D eigenvalue weighted by Crippen LogP contribution is 2.15. The molecular formula is C45H87NO3. The third-order valence-corrected chi connectivity index (χ3v) is 10.2. The summed E-state index contributed by atoms with van der Waals surface area (Å²) in [7, 11) is 0. The number of nitrogens with one attached hydrogen (secondary N) is 1. The first-order chi connectivity index (χ1) is 24.2. The van der Waals surface area contributed by atoms with Gasteiger partial charge in [0, 0.05) is 6.42 Å². The van der Waals surface area contributed by atoms with Crippen molar-refractivity contribution in [1.82, 2.24) is 5.32 Å². The first-order valence-electron chi connectivity index (χ1n) is 22.1. The first-order valence-corrected chi connectivity index (χ1v) is 22.1. The fraction of sp³-hybridized carbons (Fsp3) is 0.889. The molecule has 0 saturated heterocycles. The quantitative estimate of drug-likeness (QED) is 0.0443. The minimum atomic E-state index is -0.837. The second kappa shape index (κ2) is 41.3. The lowest BCUT2D eigenvalue weighted by molar-refractivity contribution is -0.123. The molecule has 0 heterocycles. The van der Waals surface area contributed by atoms with Crippen LogP contribution in [0.1, 0.15) is 239 Å². The lowest BCUT2D eigenvalue weighted by atomic mass is 10.0. The van der Waals surface area contributed by atoms with Crippen LogP contribution in [0.4, 0.5) is 0 Å². The number of aliphatic hydroxyl groups excluding tert-OH is 2. The molecule has 4 heteroatoms. The summed E-state index contributed by atoms with van der Waals surface area (Å²) in [6, 6.07) is -0.620. The maximum Gasteiger partial charge on any atom is 0.220 e. The fourth-order valence-corrected chi connectivity index (χ4v) is 6.76. The standard InChI is InChI=1S/C45H87NO3/c1-3-5-7-9-11-13-15-17-19-21-22-23-24-25-27-29-31-33-35-37-39-41-45(49)46-43(42-47)44(48)40-38-36-34-32-30-28-26-20-18-16-14-12-10-8-6-4-2/h21-22,38,40,43-44,47-48H,3-20,23-37,39,41-42H2,1-2H3,(H,46,49)/b22-21-,40-38+. The number of allylic oxidation sites excluding steroid dienone is 3. The van der Waals surface area contributed by atoms with Crippen molar-refractivity contribution in [2.75, 3.05) is 6.61 Å². The summed E-state index contributed by atoms with van der Waals surface area (Å²) in [6.07, 6.45) is 52.8. The number of rotatable bonds is 40. The van der Waals surface area contributed by atoms with Crippen LogP contribution in [0, 0.1) is 0 Å². The number of amides is 1. The van der Waals surface area contributed by atoms with Gasteiger partial charge in [-0.15, -0.1) is 0 Å². The van der Waals surface area contributed by atoms with Gasteiger partial charge < -0.3 is 15.5 Å². The van der Waals surface area contributed by atoms with Gasteiger partial charge in [0.2, 0.25) is 5.91 Å². The van der Waals surface area contributed by atoms with Crippen molar-refractivity contribution >= 4 is 5.91 Å². The van der Waals surface area contributed by atoms with E-state index < -0.39 is 12.1 Å². The van der Waals surface area contributed by atoms with E-state index in [1.54, 1.807) is 6.08 Å². The molecule has 49 heavy (non-hydrogen) atoms. The lowest BCUT2D eigenvalue weighted by Crippen LogP contribution is -2.45. The molecule has 0 aliphatic carbocycles. The molecule has 0 aromatic heterocycles. The van der Waals surface area contributed by atoms with Gasteiger partial charge in [0.05, 0.1) is 18.8 Å². The van der Waals surface area contributed by atoms with E-state index in [0.717, 1.165) is 25.7 Å². The van der Waals surface area contributed by atoms with E-state index in [1.807, 2.05) is 6.08 Å². The summed E-state index contributed by atoms with van der Waals surface area (Å²) < 4.78 is 0. The van der Waals surface area contributed by atoms with Crippen LogP contribution in [0.3, 0.4) is 0 Å². The van der Waals surface area contributed by atoms with Gasteiger partial charge in [-0.25, -0.2) is 0 Å². The lowest BCUT2D eigenvalue weighted by Gasteiger charge is -2.20. The van der Waals surface area contributed by atoms with E-state index in [-0.39, 0.29) is 12.5 Å². The van der Waals surface area contributed by atoms with Crippen LogP contribution in [0.15, 0.2) is 24.3 Å². The second-order valence-electron chi connectivity index (χ2n) is 15.1. The van der Waals surface area contributed by atoms with Crippen molar-refractivity contribution in [3.05, 3.63) is 24.3 Å². The summed E-state index contributed by atoms with van der Waals surface area (Å²) >= 11 is 0. The van der Waals surface area contributed by atoms with Crippen LogP contribution in [0.5, 0.6) is 0 Å². The Morgan fingerprint density at radius 1 is 0.469 bits per heavy atom. The van der Waals surface area contributed by atoms with Crippen molar-refractivity contribution in [3.63, 3.8) is 0 Å². The molecule has 0 spiro atoms. The second-order valence-corrected chi connectivity index (χ2v) is 15.1. The molecule has 0 aliphatic rings. The van der Waals surface area contributed by atoms with Gasteiger partial charge in [-0.05, 0) is 44.9 Å². The molecule has 1 amide bonds. The maximum atomic E-state index is 12.4. The summed E-state index contributed by atoms with van der Waals surface area (Å²) in [5.41, 5.74) is 0. The largest absolute Gasteiger partial charge is 0.394 e. The summed E-state index contributed by atoms with van der Waals surface area (Å²) in [5.74, 6) is -0.0645. The van der Waals surface area contributed by atoms with Crippen LogP contribution < -0.4 is 5.32 Å². The summed E-state index contributed by atoms with van der Waals surface area (Å²) in [4.78, 5) is 12.4. The van der Waals surface area contributed by atoms with Crippen molar-refractivity contribution in [3.8, 4) is 0 Å². The number of carbonyl (C=O) groups is 1. The Kier molecular flexibility index (Phi) is 40.3. The normalized spacial score (nSPS) is 13.1. The monoisotopic (exact) mass is 690 g/mol. The van der Waals surface area contributed by atoms with Crippen molar-refractivity contribution in [2.24, 2.45) is 0 Å². The van der Waals surface area contributed by atoms with Crippen LogP contribution >= 0.6 is 0 Å². The van der Waals surface area contributed by atoms with Crippen LogP contribution in [-0.4, -0.2) is 34.9 Å². The Bertz CT molecular complexity index is 705. The van der Waals surface area contributed by atoms with Crippen molar-refractivity contribution in [2.45, 2.75) is 251 Å². The highest BCUT2D eigenvalue weighted by molar-refractivity contribution is 5.76.